The molecule has 1 heterocycles. The second kappa shape index (κ2) is 5.44. The second-order valence-corrected chi connectivity index (χ2v) is 4.93. The number of aryl methyl sites for hydroxylation is 1. The molecule has 0 saturated heterocycles. The molecule has 0 radical (unpaired) electrons. The van der Waals surface area contributed by atoms with Crippen molar-refractivity contribution in [3.8, 4) is 11.4 Å². The molecule has 0 saturated carbocycles. The number of nitrogen functional groups attached to an aromatic ring is 1. The van der Waals surface area contributed by atoms with Gasteiger partial charge in [-0.05, 0) is 24.6 Å². The van der Waals surface area contributed by atoms with Crippen LogP contribution in [-0.4, -0.2) is 9.97 Å². The van der Waals surface area contributed by atoms with Crippen LogP contribution in [0.15, 0.2) is 28.7 Å². The minimum atomic E-state index is -0.331. The molecule has 0 fully saturated rings. The van der Waals surface area contributed by atoms with Crippen LogP contribution in [0.2, 0.25) is 0 Å². The predicted octanol–water partition coefficient (Wildman–Crippen LogP) is 3.58. The maximum absolute atomic E-state index is 13.3. The van der Waals surface area contributed by atoms with Gasteiger partial charge in [0.15, 0.2) is 5.82 Å². The second-order valence-electron chi connectivity index (χ2n) is 4.02. The van der Waals surface area contributed by atoms with E-state index >= 15 is 0 Å². The summed E-state index contributed by atoms with van der Waals surface area (Å²) in [5.74, 6) is 0.532. The summed E-state index contributed by atoms with van der Waals surface area (Å²) in [4.78, 5) is 8.54. The van der Waals surface area contributed by atoms with Crippen LogP contribution in [0.25, 0.3) is 11.4 Å². The minimum absolute atomic E-state index is 0.331. The van der Waals surface area contributed by atoms with Crippen molar-refractivity contribution in [1.82, 2.24) is 9.97 Å². The number of hydrogen-bond donors (Lipinski definition) is 1. The first-order valence-electron chi connectivity index (χ1n) is 5.68. The van der Waals surface area contributed by atoms with Crippen molar-refractivity contribution in [2.45, 2.75) is 19.8 Å². The van der Waals surface area contributed by atoms with Crippen molar-refractivity contribution in [2.24, 2.45) is 0 Å². The van der Waals surface area contributed by atoms with E-state index in [9.17, 15) is 4.39 Å². The molecule has 18 heavy (non-hydrogen) atoms. The Hall–Kier alpha value is -1.49. The van der Waals surface area contributed by atoms with E-state index in [0.29, 0.717) is 21.7 Å². The first-order chi connectivity index (χ1) is 8.58. The summed E-state index contributed by atoms with van der Waals surface area (Å²) in [6.07, 6.45) is 1.80. The molecule has 0 amide bonds. The Labute approximate surface area is 113 Å². The van der Waals surface area contributed by atoms with Gasteiger partial charge in [0.2, 0.25) is 0 Å². The van der Waals surface area contributed by atoms with E-state index in [1.54, 1.807) is 12.1 Å². The molecule has 0 aliphatic rings. The lowest BCUT2D eigenvalue weighted by Crippen LogP contribution is -2.00. The van der Waals surface area contributed by atoms with Gasteiger partial charge in [0.05, 0.1) is 0 Å². The third-order valence-electron chi connectivity index (χ3n) is 2.43. The molecule has 0 atom stereocenters. The summed E-state index contributed by atoms with van der Waals surface area (Å²) < 4.78 is 14.0. The lowest BCUT2D eigenvalue weighted by Gasteiger charge is -2.06. The van der Waals surface area contributed by atoms with E-state index < -0.39 is 0 Å². The van der Waals surface area contributed by atoms with E-state index in [1.807, 2.05) is 0 Å². The lowest BCUT2D eigenvalue weighted by molar-refractivity contribution is 0.627. The normalized spacial score (nSPS) is 10.6. The van der Waals surface area contributed by atoms with Gasteiger partial charge >= 0.3 is 0 Å². The fourth-order valence-electron chi connectivity index (χ4n) is 1.71. The zero-order valence-electron chi connectivity index (χ0n) is 9.95. The van der Waals surface area contributed by atoms with E-state index in [-0.39, 0.29) is 5.82 Å². The van der Waals surface area contributed by atoms with E-state index in [0.717, 1.165) is 18.5 Å². The smallest absolute Gasteiger partial charge is 0.161 e. The molecule has 0 aliphatic heterocycles. The Bertz CT molecular complexity index is 552. The van der Waals surface area contributed by atoms with Crippen molar-refractivity contribution in [2.75, 3.05) is 5.73 Å². The number of nitrogens with two attached hydrogens (primary N) is 1. The fourth-order valence-corrected chi connectivity index (χ4v) is 2.18. The lowest BCUT2D eigenvalue weighted by atomic mass is 10.2. The van der Waals surface area contributed by atoms with Crippen LogP contribution in [0.5, 0.6) is 0 Å². The number of aromatic nitrogens is 2. The highest BCUT2D eigenvalue weighted by Crippen LogP contribution is 2.23. The quantitative estimate of drug-likeness (QED) is 0.942. The Kier molecular flexibility index (Phi) is 3.91. The summed E-state index contributed by atoms with van der Waals surface area (Å²) in [5, 5.41) is 0. The van der Waals surface area contributed by atoms with Gasteiger partial charge in [-0.1, -0.05) is 29.3 Å². The molecular weight excluding hydrogens is 297 g/mol. The van der Waals surface area contributed by atoms with Crippen LogP contribution in [-0.2, 0) is 6.42 Å². The number of rotatable bonds is 3. The highest BCUT2D eigenvalue weighted by atomic mass is 79.9. The maximum atomic E-state index is 13.3. The maximum Gasteiger partial charge on any atom is 0.161 e. The Balaban J connectivity index is 2.49. The van der Waals surface area contributed by atoms with E-state index in [1.165, 1.54) is 12.1 Å². The molecule has 3 nitrogen and oxygen atoms in total. The number of benzene rings is 1. The molecule has 94 valence electrons. The van der Waals surface area contributed by atoms with Crippen LogP contribution in [0.4, 0.5) is 10.2 Å². The van der Waals surface area contributed by atoms with Crippen LogP contribution >= 0.6 is 15.9 Å². The first-order valence-corrected chi connectivity index (χ1v) is 6.47. The Morgan fingerprint density at radius 3 is 2.67 bits per heavy atom. The van der Waals surface area contributed by atoms with Crippen LogP contribution < -0.4 is 5.73 Å². The predicted molar refractivity (Wildman–Crippen MR) is 73.5 cm³/mol. The van der Waals surface area contributed by atoms with Crippen molar-refractivity contribution in [3.05, 3.63) is 40.2 Å². The SMILES string of the molecule is CCCc1cc(N)nc(-c2cc(F)cc(Br)c2)n1. The summed E-state index contributed by atoms with van der Waals surface area (Å²) >= 11 is 3.25. The van der Waals surface area contributed by atoms with Gasteiger partial charge in [-0.2, -0.15) is 0 Å². The first kappa shape index (κ1) is 13.0. The van der Waals surface area contributed by atoms with Gasteiger partial charge in [-0.3, -0.25) is 0 Å². The van der Waals surface area contributed by atoms with Gasteiger partial charge in [0.25, 0.3) is 0 Å². The highest BCUT2D eigenvalue weighted by Gasteiger charge is 2.07. The standard InChI is InChI=1S/C13H13BrFN3/c1-2-3-11-7-12(16)18-13(17-11)8-4-9(14)6-10(15)5-8/h4-7H,2-3H2,1H3,(H2,16,17,18). The Morgan fingerprint density at radius 2 is 2.00 bits per heavy atom. The van der Waals surface area contributed by atoms with Crippen LogP contribution in [0.1, 0.15) is 19.0 Å². The number of anilines is 1. The molecule has 1 aromatic carbocycles. The molecule has 2 N–H and O–H groups in total. The molecule has 0 unspecified atom stereocenters. The Morgan fingerprint density at radius 1 is 1.22 bits per heavy atom. The minimum Gasteiger partial charge on any atom is -0.384 e. The van der Waals surface area contributed by atoms with Crippen molar-refractivity contribution >= 4 is 21.7 Å². The zero-order valence-corrected chi connectivity index (χ0v) is 11.5. The highest BCUT2D eigenvalue weighted by molar-refractivity contribution is 9.10. The summed E-state index contributed by atoms with van der Waals surface area (Å²) in [5.41, 5.74) is 7.24. The topological polar surface area (TPSA) is 51.8 Å². The van der Waals surface area contributed by atoms with Crippen molar-refractivity contribution in [1.29, 1.82) is 0 Å². The molecule has 5 heteroatoms. The molecule has 0 bridgehead atoms. The van der Waals surface area contributed by atoms with Crippen LogP contribution in [0, 0.1) is 5.82 Å². The number of nitrogens with zero attached hydrogens (tertiary/aromatic N) is 2. The summed E-state index contributed by atoms with van der Waals surface area (Å²) in [6, 6.07) is 6.31. The fraction of sp³-hybridized carbons (Fsp3) is 0.231. The van der Waals surface area contributed by atoms with E-state index in [4.69, 9.17) is 5.73 Å². The van der Waals surface area contributed by atoms with E-state index in [2.05, 4.69) is 32.8 Å². The van der Waals surface area contributed by atoms with Gasteiger partial charge < -0.3 is 5.73 Å². The molecule has 2 rings (SSSR count). The van der Waals surface area contributed by atoms with Gasteiger partial charge in [0, 0.05) is 21.8 Å². The van der Waals surface area contributed by atoms with Gasteiger partial charge in [-0.15, -0.1) is 0 Å². The molecule has 1 aromatic heterocycles. The van der Waals surface area contributed by atoms with Gasteiger partial charge in [-0.25, -0.2) is 14.4 Å². The number of hydrogen-bond acceptors (Lipinski definition) is 3. The molecule has 2 aromatic rings. The average molecular weight is 310 g/mol. The molecule has 0 spiro atoms. The molecular formula is C13H13BrFN3. The summed E-state index contributed by atoms with van der Waals surface area (Å²) in [7, 11) is 0. The van der Waals surface area contributed by atoms with Crippen molar-refractivity contribution < 1.29 is 4.39 Å². The third-order valence-corrected chi connectivity index (χ3v) is 2.88. The number of halogens is 2. The largest absolute Gasteiger partial charge is 0.384 e. The molecule has 0 aliphatic carbocycles. The van der Waals surface area contributed by atoms with Gasteiger partial charge in [0.1, 0.15) is 11.6 Å². The van der Waals surface area contributed by atoms with Crippen LogP contribution in [0.3, 0.4) is 0 Å². The zero-order chi connectivity index (χ0) is 13.1. The summed E-state index contributed by atoms with van der Waals surface area (Å²) in [6.45, 7) is 2.07. The average Bonchev–Trinajstić information content (AvgIpc) is 2.27. The van der Waals surface area contributed by atoms with Crippen molar-refractivity contribution in [3.63, 3.8) is 0 Å². The third kappa shape index (κ3) is 3.04. The monoisotopic (exact) mass is 309 g/mol.